The van der Waals surface area contributed by atoms with E-state index in [-0.39, 0.29) is 30.8 Å². The summed E-state index contributed by atoms with van der Waals surface area (Å²) in [6, 6.07) is 5.25. The Labute approximate surface area is 229 Å². The molecule has 0 aliphatic carbocycles. The van der Waals surface area contributed by atoms with Gasteiger partial charge in [0.15, 0.2) is 5.69 Å². The van der Waals surface area contributed by atoms with Gasteiger partial charge in [-0.15, -0.1) is 0 Å². The van der Waals surface area contributed by atoms with E-state index >= 15 is 0 Å². The molecule has 2 saturated heterocycles. The lowest BCUT2D eigenvalue weighted by Gasteiger charge is -2.43. The van der Waals surface area contributed by atoms with Crippen molar-refractivity contribution < 1.29 is 29.0 Å². The smallest absolute Gasteiger partial charge is 0.407 e. The van der Waals surface area contributed by atoms with Crippen LogP contribution >= 0.6 is 0 Å². The van der Waals surface area contributed by atoms with Gasteiger partial charge in [-0.25, -0.2) is 9.78 Å². The summed E-state index contributed by atoms with van der Waals surface area (Å²) in [6.45, 7) is 7.38. The van der Waals surface area contributed by atoms with Crippen LogP contribution < -0.4 is 0 Å². The number of carboxylic acid groups (broad SMARTS) is 1. The van der Waals surface area contributed by atoms with Crippen LogP contribution in [-0.4, -0.2) is 113 Å². The predicted molar refractivity (Wildman–Crippen MR) is 145 cm³/mol. The number of carbonyl (C=O) groups is 3. The zero-order valence-corrected chi connectivity index (χ0v) is 23.3. The quantitative estimate of drug-likeness (QED) is 0.458. The minimum atomic E-state index is -1.08. The maximum Gasteiger partial charge on any atom is 0.407 e. The number of unbranched alkanes of at least 4 members (excludes halogenated alkanes) is 1. The van der Waals surface area contributed by atoms with E-state index in [0.29, 0.717) is 63.6 Å². The number of rotatable bonds is 10. The first-order valence-corrected chi connectivity index (χ1v) is 13.9. The van der Waals surface area contributed by atoms with Gasteiger partial charge < -0.3 is 33.7 Å². The van der Waals surface area contributed by atoms with E-state index in [2.05, 4.69) is 0 Å². The van der Waals surface area contributed by atoms with Crippen molar-refractivity contribution >= 4 is 23.6 Å². The third-order valence-electron chi connectivity index (χ3n) is 7.48. The van der Waals surface area contributed by atoms with Crippen molar-refractivity contribution in [3.05, 3.63) is 35.8 Å². The van der Waals surface area contributed by atoms with E-state index < -0.39 is 18.1 Å². The largest absolute Gasteiger partial charge is 0.465 e. The van der Waals surface area contributed by atoms with Crippen molar-refractivity contribution in [2.75, 3.05) is 59.7 Å². The number of fused-ring (bicyclic) bond motifs is 1. The van der Waals surface area contributed by atoms with Crippen LogP contribution in [0.2, 0.25) is 0 Å². The van der Waals surface area contributed by atoms with Gasteiger partial charge in [0.2, 0.25) is 5.91 Å². The molecular weight excluding hydrogens is 502 g/mol. The molecule has 0 saturated carbocycles. The summed E-state index contributed by atoms with van der Waals surface area (Å²) in [6.07, 6.45) is 3.61. The van der Waals surface area contributed by atoms with Crippen LogP contribution in [0.1, 0.15) is 49.3 Å². The third-order valence-corrected chi connectivity index (χ3v) is 7.48. The Balaban J connectivity index is 1.64. The Morgan fingerprint density at radius 3 is 2.62 bits per heavy atom. The number of aromatic nitrogens is 2. The normalized spacial score (nSPS) is 20.0. The molecule has 2 aromatic heterocycles. The molecule has 214 valence electrons. The second-order valence-electron chi connectivity index (χ2n) is 10.8. The maximum atomic E-state index is 14.3. The summed E-state index contributed by atoms with van der Waals surface area (Å²) in [5.41, 5.74) is 1.93. The van der Waals surface area contributed by atoms with E-state index in [0.717, 1.165) is 18.5 Å². The lowest BCUT2D eigenvalue weighted by Crippen LogP contribution is -2.58. The lowest BCUT2D eigenvalue weighted by molar-refractivity contribution is -0.142. The molecule has 4 rings (SSSR count). The van der Waals surface area contributed by atoms with Crippen LogP contribution in [0, 0.1) is 11.8 Å². The lowest BCUT2D eigenvalue weighted by atomic mass is 9.91. The molecule has 2 atom stereocenters. The maximum absolute atomic E-state index is 14.3. The Morgan fingerprint density at radius 2 is 1.92 bits per heavy atom. The van der Waals surface area contributed by atoms with Gasteiger partial charge >= 0.3 is 6.09 Å². The molecule has 0 radical (unpaired) electrons. The number of morpholine rings is 1. The van der Waals surface area contributed by atoms with Crippen LogP contribution in [-0.2, 0) is 20.7 Å². The number of carbonyl (C=O) groups excluding carboxylic acids is 2. The van der Waals surface area contributed by atoms with Crippen LogP contribution in [0.5, 0.6) is 0 Å². The summed E-state index contributed by atoms with van der Waals surface area (Å²) in [5, 5.41) is 9.92. The molecule has 39 heavy (non-hydrogen) atoms. The first-order valence-electron chi connectivity index (χ1n) is 13.9. The van der Waals surface area contributed by atoms with Gasteiger partial charge in [-0.05, 0) is 43.7 Å². The van der Waals surface area contributed by atoms with Crippen molar-refractivity contribution in [1.29, 1.82) is 0 Å². The Bertz CT molecular complexity index is 1140. The van der Waals surface area contributed by atoms with Crippen LogP contribution in [0.3, 0.4) is 0 Å². The van der Waals surface area contributed by atoms with Crippen molar-refractivity contribution in [2.24, 2.45) is 11.8 Å². The zero-order valence-electron chi connectivity index (χ0n) is 23.3. The summed E-state index contributed by atoms with van der Waals surface area (Å²) >= 11 is 0. The monoisotopic (exact) mass is 543 g/mol. The molecule has 2 aliphatic heterocycles. The van der Waals surface area contributed by atoms with Crippen molar-refractivity contribution in [2.45, 2.75) is 45.6 Å². The standard InChI is InChI=1S/C28H41N5O6/c1-20(2)17-33(22-16-21(18-31(19-22)28(36)37)26(34)30-11-14-39-15-12-30)27(35)25-23(8-5-7-13-38-3)32-10-6-4-9-24(32)29-25/h4,6,9-10,20-22H,5,7-8,11-19H2,1-3H3,(H,36,37)/t21-,22+/m1/s1. The van der Waals surface area contributed by atoms with Gasteiger partial charge in [0.05, 0.1) is 30.9 Å². The average molecular weight is 544 g/mol. The summed E-state index contributed by atoms with van der Waals surface area (Å²) < 4.78 is 12.6. The first-order chi connectivity index (χ1) is 18.8. The molecule has 0 aromatic carbocycles. The van der Waals surface area contributed by atoms with E-state index in [1.165, 1.54) is 4.90 Å². The van der Waals surface area contributed by atoms with Crippen molar-refractivity contribution in [3.63, 3.8) is 0 Å². The fourth-order valence-electron chi connectivity index (χ4n) is 5.60. The first kappa shape index (κ1) is 28.8. The number of nitrogens with zero attached hydrogens (tertiary/aromatic N) is 5. The molecule has 0 bridgehead atoms. The number of ether oxygens (including phenoxy) is 2. The number of hydrogen-bond acceptors (Lipinski definition) is 6. The highest BCUT2D eigenvalue weighted by molar-refractivity contribution is 5.95. The molecule has 11 nitrogen and oxygen atoms in total. The SMILES string of the molecule is COCCCCc1c(C(=O)N(CC(C)C)[C@H]2C[C@@H](C(=O)N3CCOCC3)CN(C(=O)O)C2)nc2ccccn12. The Kier molecular flexibility index (Phi) is 9.79. The number of aryl methyl sites for hydroxylation is 1. The second-order valence-corrected chi connectivity index (χ2v) is 10.8. The fourth-order valence-corrected chi connectivity index (χ4v) is 5.60. The molecule has 3 amide bonds. The van der Waals surface area contributed by atoms with Crippen LogP contribution in [0.25, 0.3) is 5.65 Å². The minimum Gasteiger partial charge on any atom is -0.465 e. The number of pyridine rings is 1. The van der Waals surface area contributed by atoms with Gasteiger partial charge in [-0.1, -0.05) is 19.9 Å². The van der Waals surface area contributed by atoms with Crippen LogP contribution in [0.15, 0.2) is 24.4 Å². The number of amides is 3. The second kappa shape index (κ2) is 13.3. The highest BCUT2D eigenvalue weighted by Gasteiger charge is 2.40. The fraction of sp³-hybridized carbons (Fsp3) is 0.643. The van der Waals surface area contributed by atoms with E-state index in [4.69, 9.17) is 14.5 Å². The van der Waals surface area contributed by atoms with Crippen molar-refractivity contribution in [3.8, 4) is 0 Å². The Hall–Kier alpha value is -3.18. The average Bonchev–Trinajstić information content (AvgIpc) is 3.32. The van der Waals surface area contributed by atoms with Gasteiger partial charge in [-0.3, -0.25) is 9.59 Å². The highest BCUT2D eigenvalue weighted by atomic mass is 16.5. The highest BCUT2D eigenvalue weighted by Crippen LogP contribution is 2.27. The van der Waals surface area contributed by atoms with E-state index in [9.17, 15) is 19.5 Å². The zero-order chi connectivity index (χ0) is 27.9. The van der Waals surface area contributed by atoms with Gasteiger partial charge in [0, 0.05) is 52.6 Å². The van der Waals surface area contributed by atoms with E-state index in [1.54, 1.807) is 16.9 Å². The molecule has 0 unspecified atom stereocenters. The molecule has 1 N–H and O–H groups in total. The number of hydrogen-bond donors (Lipinski definition) is 1. The Morgan fingerprint density at radius 1 is 1.15 bits per heavy atom. The predicted octanol–water partition coefficient (Wildman–Crippen LogP) is 2.63. The van der Waals surface area contributed by atoms with Gasteiger partial charge in [0.1, 0.15) is 5.65 Å². The number of methoxy groups -OCH3 is 1. The summed E-state index contributed by atoms with van der Waals surface area (Å²) in [7, 11) is 1.68. The summed E-state index contributed by atoms with van der Waals surface area (Å²) in [5.74, 6) is -0.665. The third kappa shape index (κ3) is 6.88. The molecule has 2 aromatic rings. The van der Waals surface area contributed by atoms with Gasteiger partial charge in [0.25, 0.3) is 5.91 Å². The number of imidazole rings is 1. The van der Waals surface area contributed by atoms with Crippen LogP contribution in [0.4, 0.5) is 4.79 Å². The van der Waals surface area contributed by atoms with Gasteiger partial charge in [-0.2, -0.15) is 0 Å². The number of likely N-dealkylation sites (tertiary alicyclic amines) is 1. The summed E-state index contributed by atoms with van der Waals surface area (Å²) in [4.78, 5) is 49.3. The molecule has 2 fully saturated rings. The topological polar surface area (TPSA) is 117 Å². The molecule has 2 aliphatic rings. The molecule has 4 heterocycles. The minimum absolute atomic E-state index is 0.0715. The van der Waals surface area contributed by atoms with E-state index in [1.807, 2.05) is 42.6 Å². The number of piperidine rings is 1. The molecule has 0 spiro atoms. The van der Waals surface area contributed by atoms with Crippen molar-refractivity contribution in [1.82, 2.24) is 24.1 Å². The molecule has 11 heteroatoms. The molecular formula is C28H41N5O6.